The number of hydrogen-bond acceptors (Lipinski definition) is 4. The topological polar surface area (TPSA) is 66.4 Å². The average molecular weight is 180 g/mol. The summed E-state index contributed by atoms with van der Waals surface area (Å²) in [7, 11) is 1.31. The van der Waals surface area contributed by atoms with E-state index < -0.39 is 11.9 Å². The van der Waals surface area contributed by atoms with E-state index in [1.165, 1.54) is 7.11 Å². The summed E-state index contributed by atoms with van der Waals surface area (Å²) in [6, 6.07) is 0. The molecule has 0 rings (SSSR count). The summed E-state index contributed by atoms with van der Waals surface area (Å²) in [4.78, 5) is 19.0. The maximum Gasteiger partial charge on any atom is 1.00 e. The summed E-state index contributed by atoms with van der Waals surface area (Å²) in [5.41, 5.74) is 0. The predicted molar refractivity (Wildman–Crippen MR) is 37.4 cm³/mol. The van der Waals surface area contributed by atoms with Crippen molar-refractivity contribution in [1.82, 2.24) is 0 Å². The van der Waals surface area contributed by atoms with Crippen molar-refractivity contribution in [3.05, 3.63) is 25.3 Å². The summed E-state index contributed by atoms with van der Waals surface area (Å²) in [5.74, 6) is -1.62. The third kappa shape index (κ3) is 22.7. The van der Waals surface area contributed by atoms with Crippen LogP contribution in [0.3, 0.4) is 0 Å². The fourth-order valence-electron chi connectivity index (χ4n) is 0.0833. The molecule has 0 fully saturated rings. The van der Waals surface area contributed by atoms with Crippen molar-refractivity contribution in [3.8, 4) is 0 Å². The van der Waals surface area contributed by atoms with Gasteiger partial charge in [0.2, 0.25) is 0 Å². The Labute approximate surface area is 93.2 Å². The van der Waals surface area contributed by atoms with E-state index in [9.17, 15) is 4.79 Å². The fraction of sp³-hybridized carbons (Fsp3) is 0.143. The Morgan fingerprint density at radius 3 is 1.67 bits per heavy atom. The van der Waals surface area contributed by atoms with Gasteiger partial charge in [0, 0.05) is 6.08 Å². The van der Waals surface area contributed by atoms with Crippen molar-refractivity contribution in [1.29, 1.82) is 0 Å². The van der Waals surface area contributed by atoms with E-state index in [0.29, 0.717) is 0 Å². The van der Waals surface area contributed by atoms with Crippen LogP contribution in [0.15, 0.2) is 25.3 Å². The van der Waals surface area contributed by atoms with Gasteiger partial charge in [-0.2, -0.15) is 0 Å². The second-order valence-corrected chi connectivity index (χ2v) is 1.25. The van der Waals surface area contributed by atoms with E-state index in [4.69, 9.17) is 9.90 Å². The second kappa shape index (κ2) is 13.0. The van der Waals surface area contributed by atoms with Gasteiger partial charge >= 0.3 is 35.5 Å². The molecule has 0 radical (unpaired) electrons. The van der Waals surface area contributed by atoms with Crippen LogP contribution in [0.1, 0.15) is 0 Å². The van der Waals surface area contributed by atoms with Crippen molar-refractivity contribution in [2.24, 2.45) is 0 Å². The number of rotatable bonds is 2. The Hall–Kier alpha value is -0.580. The van der Waals surface area contributed by atoms with Crippen LogP contribution >= 0.6 is 0 Å². The Morgan fingerprint density at radius 1 is 1.33 bits per heavy atom. The van der Waals surface area contributed by atoms with E-state index in [1.807, 2.05) is 0 Å². The summed E-state index contributed by atoms with van der Waals surface area (Å²) in [6.45, 7) is 6.06. The molecule has 5 heteroatoms. The van der Waals surface area contributed by atoms with Crippen molar-refractivity contribution in [3.63, 3.8) is 0 Å². The van der Waals surface area contributed by atoms with Crippen LogP contribution in [0.2, 0.25) is 0 Å². The van der Waals surface area contributed by atoms with E-state index in [-0.39, 0.29) is 29.6 Å². The van der Waals surface area contributed by atoms with Crippen LogP contribution in [0.4, 0.5) is 0 Å². The first-order chi connectivity index (χ1) is 5.08. The average Bonchev–Trinajstić information content (AvgIpc) is 2.04. The minimum atomic E-state index is -1.23. The molecular weight excluding hydrogens is 171 g/mol. The minimum Gasteiger partial charge on any atom is -0.545 e. The quantitative estimate of drug-likeness (QED) is 0.249. The summed E-state index contributed by atoms with van der Waals surface area (Å²) in [5, 5.41) is 9.14. The van der Waals surface area contributed by atoms with Crippen molar-refractivity contribution >= 4 is 11.9 Å². The number of methoxy groups -OCH3 is 1. The molecule has 0 bridgehead atoms. The smallest absolute Gasteiger partial charge is 0.545 e. The molecule has 12 heavy (non-hydrogen) atoms. The second-order valence-electron chi connectivity index (χ2n) is 1.25. The van der Waals surface area contributed by atoms with Gasteiger partial charge in [0.05, 0.1) is 13.1 Å². The van der Waals surface area contributed by atoms with Crippen LogP contribution in [0.5, 0.6) is 0 Å². The molecule has 0 N–H and O–H groups in total. The molecule has 0 aliphatic rings. The first-order valence-corrected chi connectivity index (χ1v) is 2.62. The number of carbonyl (C=O) groups is 2. The van der Waals surface area contributed by atoms with Gasteiger partial charge in [-0.15, -0.1) is 0 Å². The van der Waals surface area contributed by atoms with Crippen LogP contribution in [-0.4, -0.2) is 19.0 Å². The van der Waals surface area contributed by atoms with Crippen molar-refractivity contribution < 1.29 is 49.0 Å². The molecule has 0 heterocycles. The number of esters is 1. The summed E-state index contributed by atoms with van der Waals surface area (Å²) in [6.07, 6.45) is 1.83. The fourth-order valence-corrected chi connectivity index (χ4v) is 0.0833. The zero-order chi connectivity index (χ0) is 9.28. The van der Waals surface area contributed by atoms with E-state index in [1.54, 1.807) is 0 Å². The van der Waals surface area contributed by atoms with Crippen LogP contribution in [0, 0.1) is 0 Å². The van der Waals surface area contributed by atoms with Gasteiger partial charge in [0.25, 0.3) is 0 Å². The van der Waals surface area contributed by atoms with E-state index >= 15 is 0 Å². The van der Waals surface area contributed by atoms with E-state index in [2.05, 4.69) is 17.9 Å². The molecule has 0 saturated heterocycles. The van der Waals surface area contributed by atoms with Gasteiger partial charge in [0.1, 0.15) is 0 Å². The third-order valence-corrected chi connectivity index (χ3v) is 0.535. The number of carboxylic acid groups (broad SMARTS) is 1. The third-order valence-electron chi connectivity index (χ3n) is 0.535. The number of carbonyl (C=O) groups excluding carboxylic acids is 2. The Kier molecular flexibility index (Phi) is 19.0. The molecule has 0 aromatic rings. The first-order valence-electron chi connectivity index (χ1n) is 2.62. The molecule has 0 amide bonds. The van der Waals surface area contributed by atoms with Crippen LogP contribution in [0.25, 0.3) is 0 Å². The van der Waals surface area contributed by atoms with E-state index in [0.717, 1.165) is 12.2 Å². The number of carboxylic acids is 1. The van der Waals surface area contributed by atoms with Gasteiger partial charge < -0.3 is 14.6 Å². The van der Waals surface area contributed by atoms with Gasteiger partial charge in [-0.3, -0.25) is 0 Å². The molecule has 62 valence electrons. The Morgan fingerprint density at radius 2 is 1.67 bits per heavy atom. The summed E-state index contributed by atoms with van der Waals surface area (Å²) < 4.78 is 4.14. The zero-order valence-electron chi connectivity index (χ0n) is 7.20. The van der Waals surface area contributed by atoms with Crippen molar-refractivity contribution in [2.45, 2.75) is 0 Å². The monoisotopic (exact) mass is 180 g/mol. The van der Waals surface area contributed by atoms with Crippen LogP contribution in [-0.2, 0) is 14.3 Å². The molecule has 0 saturated carbocycles. The summed E-state index contributed by atoms with van der Waals surface area (Å²) >= 11 is 0. The Bertz CT molecular complexity index is 165. The maximum atomic E-state index is 9.84. The van der Waals surface area contributed by atoms with Gasteiger partial charge in [0.15, 0.2) is 0 Å². The zero-order valence-corrected chi connectivity index (χ0v) is 9.20. The van der Waals surface area contributed by atoms with Gasteiger partial charge in [-0.1, -0.05) is 13.2 Å². The molecule has 4 nitrogen and oxygen atoms in total. The standard InChI is InChI=1S/C4H6O2.C3H4O2.Na/c1-3-4(5)6-2;1-2-3(4)5;/h3H,1H2,2H3;2H,1H2,(H,4,5);/q;;+1/p-1. The van der Waals surface area contributed by atoms with Gasteiger partial charge in [-0.25, -0.2) is 4.79 Å². The first kappa shape index (κ1) is 17.5. The molecular formula is C7H9NaO4. The normalized spacial score (nSPS) is 6.08. The van der Waals surface area contributed by atoms with Crippen LogP contribution < -0.4 is 34.7 Å². The molecule has 0 aromatic carbocycles. The molecule has 0 aliphatic heterocycles. The predicted octanol–water partition coefficient (Wildman–Crippen LogP) is -3.73. The molecule has 0 aromatic heterocycles. The SMILES string of the molecule is C=CC(=O)OC.C=CC(=O)[O-].[Na+]. The number of hydrogen-bond donors (Lipinski definition) is 0. The maximum absolute atomic E-state index is 9.84. The molecule has 0 aliphatic carbocycles. The minimum absolute atomic E-state index is 0. The largest absolute Gasteiger partial charge is 1.00 e. The van der Waals surface area contributed by atoms with Crippen molar-refractivity contribution in [2.75, 3.05) is 7.11 Å². The number of aliphatic carboxylic acids is 1. The molecule has 0 atom stereocenters. The van der Waals surface area contributed by atoms with Gasteiger partial charge in [-0.05, 0) is 6.08 Å². The number of ether oxygens (including phenoxy) is 1. The molecule has 0 spiro atoms. The Balaban J connectivity index is -0.000000126. The molecule has 0 unspecified atom stereocenters.